The van der Waals surface area contributed by atoms with Gasteiger partial charge in [-0.25, -0.2) is 4.98 Å². The first-order chi connectivity index (χ1) is 8.97. The Morgan fingerprint density at radius 2 is 2.05 bits per heavy atom. The summed E-state index contributed by atoms with van der Waals surface area (Å²) >= 11 is 1.69. The zero-order chi connectivity index (χ0) is 13.9. The summed E-state index contributed by atoms with van der Waals surface area (Å²) in [5.74, 6) is -0.123. The first-order valence-electron chi connectivity index (χ1n) is 6.73. The summed E-state index contributed by atoms with van der Waals surface area (Å²) in [5.41, 5.74) is 5.94. The van der Waals surface area contributed by atoms with Gasteiger partial charge in [-0.3, -0.25) is 4.79 Å². The van der Waals surface area contributed by atoms with E-state index in [1.54, 1.807) is 25.2 Å². The van der Waals surface area contributed by atoms with Gasteiger partial charge in [0.15, 0.2) is 5.13 Å². The molecule has 0 atom stereocenters. The molecule has 1 aromatic rings. The maximum Gasteiger partial charge on any atom is 0.239 e. The molecule has 1 aromatic heterocycles. The third kappa shape index (κ3) is 5.98. The van der Waals surface area contributed by atoms with Crippen LogP contribution in [0.5, 0.6) is 0 Å². The van der Waals surface area contributed by atoms with Gasteiger partial charge in [-0.2, -0.15) is 0 Å². The number of rotatable bonds is 5. The van der Waals surface area contributed by atoms with Crippen molar-refractivity contribution in [3.05, 3.63) is 11.1 Å². The largest absolute Gasteiger partial charge is 0.354 e. The molecule has 1 aliphatic rings. The molecule has 0 unspecified atom stereocenters. The van der Waals surface area contributed by atoms with Crippen molar-refractivity contribution in [3.8, 4) is 0 Å². The van der Waals surface area contributed by atoms with Gasteiger partial charge < -0.3 is 16.0 Å². The highest BCUT2D eigenvalue weighted by Gasteiger charge is 2.21. The van der Waals surface area contributed by atoms with Crippen LogP contribution in [0.4, 0.5) is 5.13 Å². The lowest BCUT2D eigenvalue weighted by Crippen LogP contribution is -2.49. The summed E-state index contributed by atoms with van der Waals surface area (Å²) in [6.45, 7) is 6.23. The maximum atomic E-state index is 11.6. The van der Waals surface area contributed by atoms with Crippen LogP contribution in [0.15, 0.2) is 5.38 Å². The minimum Gasteiger partial charge on any atom is -0.354 e. The molecule has 0 bridgehead atoms. The van der Waals surface area contributed by atoms with Crippen LogP contribution in [0.3, 0.4) is 0 Å². The summed E-state index contributed by atoms with van der Waals surface area (Å²) < 4.78 is 0. The second-order valence-electron chi connectivity index (χ2n) is 5.54. The first-order valence-corrected chi connectivity index (χ1v) is 7.61. The molecule has 1 fully saturated rings. The van der Waals surface area contributed by atoms with Crippen LogP contribution >= 0.6 is 36.2 Å². The van der Waals surface area contributed by atoms with Crippen LogP contribution in [-0.4, -0.2) is 36.1 Å². The third-order valence-electron chi connectivity index (χ3n) is 3.17. The van der Waals surface area contributed by atoms with Crippen molar-refractivity contribution < 1.29 is 4.79 Å². The van der Waals surface area contributed by atoms with Crippen molar-refractivity contribution in [2.24, 2.45) is 5.73 Å². The Bertz CT molecular complexity index is 442. The normalized spacial score (nSPS) is 14.3. The summed E-state index contributed by atoms with van der Waals surface area (Å²) in [6.07, 6.45) is 3.28. The second kappa shape index (κ2) is 8.78. The number of hydrogen-bond acceptors (Lipinski definition) is 5. The number of anilines is 1. The van der Waals surface area contributed by atoms with E-state index in [1.165, 1.54) is 12.8 Å². The van der Waals surface area contributed by atoms with Crippen LogP contribution in [0, 0.1) is 0 Å². The molecule has 0 spiro atoms. The number of carbonyl (C=O) groups is 1. The number of hydrogen-bond donors (Lipinski definition) is 2. The Morgan fingerprint density at radius 1 is 1.43 bits per heavy atom. The van der Waals surface area contributed by atoms with Gasteiger partial charge in [-0.1, -0.05) is 0 Å². The highest BCUT2D eigenvalue weighted by atomic mass is 35.5. The molecule has 0 radical (unpaired) electrons. The van der Waals surface area contributed by atoms with E-state index in [1.807, 2.05) is 0 Å². The fourth-order valence-corrected chi connectivity index (χ4v) is 2.91. The van der Waals surface area contributed by atoms with Crippen LogP contribution < -0.4 is 16.0 Å². The first kappa shape index (κ1) is 20.4. The molecule has 2 rings (SSSR count). The molecule has 1 saturated heterocycles. The molecule has 1 amide bonds. The minimum absolute atomic E-state index is 0. The maximum absolute atomic E-state index is 11.6. The van der Waals surface area contributed by atoms with E-state index in [0.29, 0.717) is 6.54 Å². The molecule has 1 aliphatic heterocycles. The molecule has 0 aliphatic carbocycles. The van der Waals surface area contributed by atoms with Gasteiger partial charge in [0, 0.05) is 31.4 Å². The average Bonchev–Trinajstić information content (AvgIpc) is 2.97. The van der Waals surface area contributed by atoms with Crippen molar-refractivity contribution in [1.29, 1.82) is 0 Å². The van der Waals surface area contributed by atoms with Gasteiger partial charge in [-0.05, 0) is 26.7 Å². The van der Waals surface area contributed by atoms with Crippen molar-refractivity contribution in [3.63, 3.8) is 0 Å². The zero-order valence-corrected chi connectivity index (χ0v) is 14.9. The molecule has 0 saturated carbocycles. The fraction of sp³-hybridized carbons (Fsp3) is 0.692. The molecule has 122 valence electrons. The van der Waals surface area contributed by atoms with Crippen LogP contribution in [0.2, 0.25) is 0 Å². The third-order valence-corrected chi connectivity index (χ3v) is 4.12. The van der Waals surface area contributed by atoms with Gasteiger partial charge in [0.1, 0.15) is 0 Å². The zero-order valence-electron chi connectivity index (χ0n) is 12.4. The monoisotopic (exact) mass is 354 g/mol. The molecule has 5 nitrogen and oxygen atoms in total. The van der Waals surface area contributed by atoms with Gasteiger partial charge in [0.05, 0.1) is 11.2 Å². The summed E-state index contributed by atoms with van der Waals surface area (Å²) in [6, 6.07) is 0. The number of halogens is 2. The lowest BCUT2D eigenvalue weighted by molar-refractivity contribution is -0.125. The Morgan fingerprint density at radius 3 is 2.62 bits per heavy atom. The molecular formula is C13H24Cl2N4OS. The van der Waals surface area contributed by atoms with Crippen molar-refractivity contribution >= 4 is 47.2 Å². The quantitative estimate of drug-likeness (QED) is 0.847. The number of nitrogens with one attached hydrogen (secondary N) is 1. The van der Waals surface area contributed by atoms with Crippen LogP contribution in [-0.2, 0) is 11.2 Å². The van der Waals surface area contributed by atoms with E-state index < -0.39 is 5.54 Å². The van der Waals surface area contributed by atoms with E-state index in [2.05, 4.69) is 20.6 Å². The van der Waals surface area contributed by atoms with Gasteiger partial charge in [-0.15, -0.1) is 36.2 Å². The van der Waals surface area contributed by atoms with Crippen LogP contribution in [0.25, 0.3) is 0 Å². The number of nitrogens with two attached hydrogens (primary N) is 1. The number of amides is 1. The summed E-state index contributed by atoms with van der Waals surface area (Å²) in [4.78, 5) is 18.5. The average molecular weight is 355 g/mol. The van der Waals surface area contributed by atoms with E-state index in [4.69, 9.17) is 5.73 Å². The molecule has 8 heteroatoms. The summed E-state index contributed by atoms with van der Waals surface area (Å²) in [7, 11) is 0. The number of nitrogens with zero attached hydrogens (tertiary/aromatic N) is 2. The molecular weight excluding hydrogens is 331 g/mol. The molecule has 3 N–H and O–H groups in total. The second-order valence-corrected chi connectivity index (χ2v) is 6.38. The van der Waals surface area contributed by atoms with Crippen molar-refractivity contribution in [2.75, 3.05) is 24.5 Å². The fourth-order valence-electron chi connectivity index (χ4n) is 2.00. The Labute approximate surface area is 142 Å². The number of thiazole rings is 1. The Hall–Kier alpha value is -0.560. The van der Waals surface area contributed by atoms with Crippen LogP contribution in [0.1, 0.15) is 32.4 Å². The molecule has 2 heterocycles. The highest BCUT2D eigenvalue weighted by molar-refractivity contribution is 7.13. The van der Waals surface area contributed by atoms with E-state index in [0.717, 1.165) is 30.3 Å². The number of carbonyl (C=O) groups excluding carboxylic acids is 1. The smallest absolute Gasteiger partial charge is 0.239 e. The predicted molar refractivity (Wildman–Crippen MR) is 93.0 cm³/mol. The number of aromatic nitrogens is 1. The predicted octanol–water partition coefficient (Wildman–Crippen LogP) is 1.98. The van der Waals surface area contributed by atoms with Gasteiger partial charge in [0.25, 0.3) is 0 Å². The van der Waals surface area contributed by atoms with Crippen molar-refractivity contribution in [1.82, 2.24) is 10.3 Å². The van der Waals surface area contributed by atoms with Gasteiger partial charge >= 0.3 is 0 Å². The highest BCUT2D eigenvalue weighted by Crippen LogP contribution is 2.24. The van der Waals surface area contributed by atoms with E-state index >= 15 is 0 Å². The SMILES string of the molecule is CC(C)(N)C(=O)NCCc1csc(N2CCCC2)n1.Cl.Cl. The molecule has 0 aromatic carbocycles. The lowest BCUT2D eigenvalue weighted by Gasteiger charge is -2.17. The van der Waals surface area contributed by atoms with E-state index in [9.17, 15) is 4.79 Å². The minimum atomic E-state index is -0.817. The van der Waals surface area contributed by atoms with Gasteiger partial charge in [0.2, 0.25) is 5.91 Å². The Balaban J connectivity index is 0.00000200. The molecule has 21 heavy (non-hydrogen) atoms. The van der Waals surface area contributed by atoms with E-state index in [-0.39, 0.29) is 30.7 Å². The van der Waals surface area contributed by atoms with Crippen molar-refractivity contribution in [2.45, 2.75) is 38.6 Å². The standard InChI is InChI=1S/C13H22N4OS.2ClH/c1-13(2,14)11(18)15-6-5-10-9-19-12(16-10)17-7-3-4-8-17;;/h9H,3-8,14H2,1-2H3,(H,15,18);2*1H. The topological polar surface area (TPSA) is 71.2 Å². The lowest BCUT2D eigenvalue weighted by atomic mass is 10.1. The summed E-state index contributed by atoms with van der Waals surface area (Å²) in [5, 5.41) is 6.02. The Kier molecular flexibility index (Phi) is 8.54.